The molecule has 0 aromatic heterocycles. The fraction of sp³-hybridized carbons (Fsp3) is 0.846. The summed E-state index contributed by atoms with van der Waals surface area (Å²) in [6.45, 7) is 7.57. The lowest BCUT2D eigenvalue weighted by Gasteiger charge is -2.29. The summed E-state index contributed by atoms with van der Waals surface area (Å²) in [5.74, 6) is 0.635. The van der Waals surface area contributed by atoms with Gasteiger partial charge in [-0.2, -0.15) is 0 Å². The van der Waals surface area contributed by atoms with Crippen LogP contribution in [0.5, 0.6) is 0 Å². The Labute approximate surface area is 110 Å². The molecule has 2 amide bonds. The fourth-order valence-corrected chi connectivity index (χ4v) is 1.91. The number of likely N-dealkylation sites (N-methyl/N-ethyl adjacent to an activating group) is 1. The Balaban J connectivity index is 2.31. The molecule has 0 unspecified atom stereocenters. The Hall–Kier alpha value is -1.10. The second-order valence-corrected chi connectivity index (χ2v) is 5.31. The van der Waals surface area contributed by atoms with Crippen LogP contribution in [-0.4, -0.2) is 61.4 Å². The summed E-state index contributed by atoms with van der Waals surface area (Å²) in [5.41, 5.74) is 0. The van der Waals surface area contributed by atoms with Crippen LogP contribution in [0.3, 0.4) is 0 Å². The largest absolute Gasteiger partial charge is 0.339 e. The molecule has 0 spiro atoms. The van der Waals surface area contributed by atoms with Gasteiger partial charge >= 0.3 is 0 Å². The van der Waals surface area contributed by atoms with Gasteiger partial charge < -0.3 is 15.1 Å². The summed E-state index contributed by atoms with van der Waals surface area (Å²) in [6.07, 6.45) is 1.41. The number of nitrogens with one attached hydrogen (secondary N) is 1. The molecule has 0 saturated carbocycles. The van der Waals surface area contributed by atoms with Crippen molar-refractivity contribution in [2.45, 2.75) is 26.7 Å². The Morgan fingerprint density at radius 3 is 2.44 bits per heavy atom. The SMILES string of the molecule is CC(C)CCC(=O)N(C)CC(=O)N1CCNCC1. The maximum absolute atomic E-state index is 12.0. The minimum atomic E-state index is 0.0527. The number of carbonyl (C=O) groups excluding carboxylic acids is 2. The molecule has 0 aromatic rings. The fourth-order valence-electron chi connectivity index (χ4n) is 1.91. The van der Waals surface area contributed by atoms with Crippen LogP contribution in [0.2, 0.25) is 0 Å². The van der Waals surface area contributed by atoms with Crippen molar-refractivity contribution in [3.8, 4) is 0 Å². The molecular formula is C13H25N3O2. The van der Waals surface area contributed by atoms with Crippen LogP contribution in [0.25, 0.3) is 0 Å². The van der Waals surface area contributed by atoms with Gasteiger partial charge in [0.15, 0.2) is 0 Å². The molecule has 1 aliphatic rings. The van der Waals surface area contributed by atoms with Gasteiger partial charge in [0.2, 0.25) is 11.8 Å². The van der Waals surface area contributed by atoms with E-state index < -0.39 is 0 Å². The zero-order valence-corrected chi connectivity index (χ0v) is 11.7. The Morgan fingerprint density at radius 1 is 1.28 bits per heavy atom. The van der Waals surface area contributed by atoms with E-state index in [1.807, 2.05) is 4.90 Å². The van der Waals surface area contributed by atoms with Crippen molar-refractivity contribution < 1.29 is 9.59 Å². The molecule has 0 radical (unpaired) electrons. The number of carbonyl (C=O) groups is 2. The van der Waals surface area contributed by atoms with E-state index in [1.165, 1.54) is 0 Å². The van der Waals surface area contributed by atoms with Crippen LogP contribution >= 0.6 is 0 Å². The molecule has 5 nitrogen and oxygen atoms in total. The topological polar surface area (TPSA) is 52.7 Å². The highest BCUT2D eigenvalue weighted by molar-refractivity contribution is 5.84. The molecule has 0 atom stereocenters. The highest BCUT2D eigenvalue weighted by Crippen LogP contribution is 2.06. The average Bonchev–Trinajstić information content (AvgIpc) is 2.36. The molecule has 0 aromatic carbocycles. The highest BCUT2D eigenvalue weighted by Gasteiger charge is 2.19. The smallest absolute Gasteiger partial charge is 0.242 e. The van der Waals surface area contributed by atoms with Crippen LogP contribution < -0.4 is 5.32 Å². The third-order valence-corrected chi connectivity index (χ3v) is 3.20. The van der Waals surface area contributed by atoms with E-state index in [0.717, 1.165) is 32.6 Å². The minimum Gasteiger partial charge on any atom is -0.339 e. The van der Waals surface area contributed by atoms with Gasteiger partial charge in [-0.15, -0.1) is 0 Å². The molecule has 1 fully saturated rings. The first-order valence-electron chi connectivity index (χ1n) is 6.73. The lowest BCUT2D eigenvalue weighted by atomic mass is 10.1. The summed E-state index contributed by atoms with van der Waals surface area (Å²) < 4.78 is 0. The van der Waals surface area contributed by atoms with Crippen LogP contribution in [0.4, 0.5) is 0 Å². The molecule has 0 aliphatic carbocycles. The van der Waals surface area contributed by atoms with Crippen LogP contribution in [0.15, 0.2) is 0 Å². The van der Waals surface area contributed by atoms with Crippen molar-refractivity contribution in [1.29, 1.82) is 0 Å². The quantitative estimate of drug-likeness (QED) is 0.769. The Morgan fingerprint density at radius 2 is 1.89 bits per heavy atom. The number of amides is 2. The van der Waals surface area contributed by atoms with Crippen molar-refractivity contribution in [2.75, 3.05) is 39.8 Å². The monoisotopic (exact) mass is 255 g/mol. The zero-order valence-electron chi connectivity index (χ0n) is 11.7. The van der Waals surface area contributed by atoms with Crippen molar-refractivity contribution in [3.05, 3.63) is 0 Å². The number of hydrogen-bond donors (Lipinski definition) is 1. The van der Waals surface area contributed by atoms with Gasteiger partial charge in [-0.25, -0.2) is 0 Å². The van der Waals surface area contributed by atoms with Crippen molar-refractivity contribution in [3.63, 3.8) is 0 Å². The van der Waals surface area contributed by atoms with Gasteiger partial charge in [0, 0.05) is 39.6 Å². The molecule has 1 aliphatic heterocycles. The first-order valence-corrected chi connectivity index (χ1v) is 6.73. The van der Waals surface area contributed by atoms with Crippen molar-refractivity contribution in [2.24, 2.45) is 5.92 Å². The van der Waals surface area contributed by atoms with Crippen LogP contribution in [-0.2, 0) is 9.59 Å². The predicted octanol–water partition coefficient (Wildman–Crippen LogP) is 0.313. The zero-order chi connectivity index (χ0) is 13.5. The number of hydrogen-bond acceptors (Lipinski definition) is 3. The molecular weight excluding hydrogens is 230 g/mol. The molecule has 1 rings (SSSR count). The second-order valence-electron chi connectivity index (χ2n) is 5.31. The standard InChI is InChI=1S/C13H25N3O2/c1-11(2)4-5-12(17)15(3)10-13(18)16-8-6-14-7-9-16/h11,14H,4-10H2,1-3H3. The first kappa shape index (κ1) is 15.0. The van der Waals surface area contributed by atoms with Gasteiger partial charge in [-0.05, 0) is 12.3 Å². The van der Waals surface area contributed by atoms with Gasteiger partial charge in [0.05, 0.1) is 6.54 Å². The third-order valence-electron chi connectivity index (χ3n) is 3.20. The maximum Gasteiger partial charge on any atom is 0.242 e. The lowest BCUT2D eigenvalue weighted by Crippen LogP contribution is -2.49. The van der Waals surface area contributed by atoms with E-state index in [4.69, 9.17) is 0 Å². The molecule has 1 heterocycles. The first-order chi connectivity index (χ1) is 8.50. The summed E-state index contributed by atoms with van der Waals surface area (Å²) in [5, 5.41) is 3.20. The van der Waals surface area contributed by atoms with Crippen LogP contribution in [0.1, 0.15) is 26.7 Å². The number of rotatable bonds is 5. The highest BCUT2D eigenvalue weighted by atomic mass is 16.2. The minimum absolute atomic E-state index is 0.0527. The molecule has 18 heavy (non-hydrogen) atoms. The van der Waals surface area contributed by atoms with Crippen molar-refractivity contribution in [1.82, 2.24) is 15.1 Å². The maximum atomic E-state index is 12.0. The second kappa shape index (κ2) is 7.36. The predicted molar refractivity (Wildman–Crippen MR) is 71.2 cm³/mol. The molecule has 104 valence electrons. The summed E-state index contributed by atoms with van der Waals surface area (Å²) >= 11 is 0. The van der Waals surface area contributed by atoms with Gasteiger partial charge in [0.25, 0.3) is 0 Å². The van der Waals surface area contributed by atoms with E-state index in [-0.39, 0.29) is 18.4 Å². The summed E-state index contributed by atoms with van der Waals surface area (Å²) in [6, 6.07) is 0. The van der Waals surface area contributed by atoms with E-state index in [9.17, 15) is 9.59 Å². The van der Waals surface area contributed by atoms with E-state index in [1.54, 1.807) is 11.9 Å². The Kier molecular flexibility index (Phi) is 6.12. The molecule has 5 heteroatoms. The van der Waals surface area contributed by atoms with Crippen LogP contribution in [0, 0.1) is 5.92 Å². The molecule has 1 saturated heterocycles. The van der Waals surface area contributed by atoms with E-state index >= 15 is 0 Å². The number of piperazine rings is 1. The van der Waals surface area contributed by atoms with E-state index in [0.29, 0.717) is 12.3 Å². The Bertz CT molecular complexity index is 286. The summed E-state index contributed by atoms with van der Waals surface area (Å²) in [7, 11) is 1.71. The van der Waals surface area contributed by atoms with E-state index in [2.05, 4.69) is 19.2 Å². The van der Waals surface area contributed by atoms with Gasteiger partial charge in [0.1, 0.15) is 0 Å². The van der Waals surface area contributed by atoms with Gasteiger partial charge in [-0.1, -0.05) is 13.8 Å². The lowest BCUT2D eigenvalue weighted by molar-refractivity contribution is -0.139. The normalized spacial score (nSPS) is 15.9. The third kappa shape index (κ3) is 5.04. The molecule has 0 bridgehead atoms. The number of nitrogens with zero attached hydrogens (tertiary/aromatic N) is 2. The molecule has 1 N–H and O–H groups in total. The summed E-state index contributed by atoms with van der Waals surface area (Å²) in [4.78, 5) is 27.1. The van der Waals surface area contributed by atoms with Crippen molar-refractivity contribution >= 4 is 11.8 Å². The van der Waals surface area contributed by atoms with Gasteiger partial charge in [-0.3, -0.25) is 9.59 Å². The average molecular weight is 255 g/mol.